The lowest BCUT2D eigenvalue weighted by Crippen LogP contribution is -2.50. The van der Waals surface area contributed by atoms with Gasteiger partial charge in [-0.05, 0) is 37.5 Å². The molecule has 0 fully saturated rings. The largest absolute Gasteiger partial charge is 0.450 e. The smallest absolute Gasteiger partial charge is 0.407 e. The summed E-state index contributed by atoms with van der Waals surface area (Å²) in [7, 11) is 0. The van der Waals surface area contributed by atoms with Gasteiger partial charge in [0.1, 0.15) is 11.9 Å². The molecule has 0 unspecified atom stereocenters. The second-order valence-corrected chi connectivity index (χ2v) is 5.37. The second-order valence-electron chi connectivity index (χ2n) is 5.37. The van der Waals surface area contributed by atoms with Crippen molar-refractivity contribution in [3.63, 3.8) is 0 Å². The van der Waals surface area contributed by atoms with Gasteiger partial charge in [-0.15, -0.1) is 0 Å². The standard InChI is InChI=1S/C16H23FN2O3/c1-5-22-16(21)19-14(10(2)3)15(20)18-11(4)12-6-8-13(17)9-7-12/h6-11,14H,5H2,1-4H3,(H,18,20)(H,19,21)/t11-,14-/m0/s1. The van der Waals surface area contributed by atoms with E-state index in [-0.39, 0.29) is 30.3 Å². The number of carbonyl (C=O) groups is 2. The van der Waals surface area contributed by atoms with Gasteiger partial charge in [0.15, 0.2) is 0 Å². The molecule has 0 bridgehead atoms. The number of ether oxygens (including phenoxy) is 1. The fourth-order valence-electron chi connectivity index (χ4n) is 1.97. The molecular weight excluding hydrogens is 287 g/mol. The van der Waals surface area contributed by atoms with E-state index in [0.717, 1.165) is 5.56 Å². The second kappa shape index (κ2) is 8.36. The van der Waals surface area contributed by atoms with Gasteiger partial charge in [-0.2, -0.15) is 0 Å². The highest BCUT2D eigenvalue weighted by molar-refractivity contribution is 5.86. The first-order valence-electron chi connectivity index (χ1n) is 7.34. The molecule has 0 heterocycles. The first-order chi connectivity index (χ1) is 10.3. The fourth-order valence-corrected chi connectivity index (χ4v) is 1.97. The van der Waals surface area contributed by atoms with Crippen molar-refractivity contribution >= 4 is 12.0 Å². The van der Waals surface area contributed by atoms with Gasteiger partial charge in [0, 0.05) is 0 Å². The molecule has 6 heteroatoms. The summed E-state index contributed by atoms with van der Waals surface area (Å²) in [4.78, 5) is 23.8. The van der Waals surface area contributed by atoms with E-state index in [0.29, 0.717) is 0 Å². The number of hydrogen-bond donors (Lipinski definition) is 2. The molecule has 5 nitrogen and oxygen atoms in total. The zero-order chi connectivity index (χ0) is 16.7. The van der Waals surface area contributed by atoms with Crippen LogP contribution in [-0.2, 0) is 9.53 Å². The van der Waals surface area contributed by atoms with Crippen LogP contribution in [0.15, 0.2) is 24.3 Å². The van der Waals surface area contributed by atoms with E-state index in [4.69, 9.17) is 4.74 Å². The molecule has 122 valence electrons. The van der Waals surface area contributed by atoms with Gasteiger partial charge >= 0.3 is 6.09 Å². The molecule has 22 heavy (non-hydrogen) atoms. The lowest BCUT2D eigenvalue weighted by atomic mass is 10.0. The Morgan fingerprint density at radius 2 is 1.73 bits per heavy atom. The van der Waals surface area contributed by atoms with E-state index >= 15 is 0 Å². The molecule has 2 amide bonds. The van der Waals surface area contributed by atoms with Crippen LogP contribution in [-0.4, -0.2) is 24.6 Å². The molecule has 0 radical (unpaired) electrons. The third-order valence-electron chi connectivity index (χ3n) is 3.23. The Labute approximate surface area is 130 Å². The topological polar surface area (TPSA) is 67.4 Å². The predicted molar refractivity (Wildman–Crippen MR) is 81.7 cm³/mol. The molecule has 0 aromatic heterocycles. The Hall–Kier alpha value is -2.11. The van der Waals surface area contributed by atoms with Crippen molar-refractivity contribution in [2.75, 3.05) is 6.61 Å². The van der Waals surface area contributed by atoms with Gasteiger partial charge in [0.25, 0.3) is 0 Å². The number of nitrogens with one attached hydrogen (secondary N) is 2. The van der Waals surface area contributed by atoms with Crippen LogP contribution in [0.2, 0.25) is 0 Å². The molecule has 0 aliphatic carbocycles. The molecule has 1 rings (SSSR count). The molecule has 2 atom stereocenters. The van der Waals surface area contributed by atoms with E-state index in [2.05, 4.69) is 10.6 Å². The fraction of sp³-hybridized carbons (Fsp3) is 0.500. The Kier molecular flexibility index (Phi) is 6.82. The molecule has 1 aromatic carbocycles. The normalized spacial score (nSPS) is 13.4. The summed E-state index contributed by atoms with van der Waals surface area (Å²) in [5.74, 6) is -0.726. The Morgan fingerprint density at radius 1 is 1.14 bits per heavy atom. The molecule has 0 aliphatic heterocycles. The molecule has 2 N–H and O–H groups in total. The highest BCUT2D eigenvalue weighted by Gasteiger charge is 2.25. The maximum absolute atomic E-state index is 12.9. The van der Waals surface area contributed by atoms with Gasteiger partial charge in [0.2, 0.25) is 5.91 Å². The van der Waals surface area contributed by atoms with Crippen molar-refractivity contribution in [2.24, 2.45) is 5.92 Å². The van der Waals surface area contributed by atoms with Crippen molar-refractivity contribution < 1.29 is 18.7 Å². The van der Waals surface area contributed by atoms with Crippen molar-refractivity contribution in [3.8, 4) is 0 Å². The Bertz CT molecular complexity index is 503. The van der Waals surface area contributed by atoms with Gasteiger partial charge in [-0.3, -0.25) is 4.79 Å². The summed E-state index contributed by atoms with van der Waals surface area (Å²) in [6.45, 7) is 7.40. The summed E-state index contributed by atoms with van der Waals surface area (Å²) >= 11 is 0. The van der Waals surface area contributed by atoms with E-state index < -0.39 is 12.1 Å². The third-order valence-corrected chi connectivity index (χ3v) is 3.23. The number of halogens is 1. The van der Waals surface area contributed by atoms with Crippen molar-refractivity contribution in [1.82, 2.24) is 10.6 Å². The van der Waals surface area contributed by atoms with E-state index in [1.54, 1.807) is 26.0 Å². The molecule has 0 saturated heterocycles. The van der Waals surface area contributed by atoms with Gasteiger partial charge < -0.3 is 15.4 Å². The predicted octanol–water partition coefficient (Wildman–Crippen LogP) is 2.77. The number of rotatable bonds is 6. The van der Waals surface area contributed by atoms with E-state index in [1.807, 2.05) is 13.8 Å². The lowest BCUT2D eigenvalue weighted by Gasteiger charge is -2.23. The molecule has 1 aromatic rings. The van der Waals surface area contributed by atoms with Crippen molar-refractivity contribution in [3.05, 3.63) is 35.6 Å². The minimum Gasteiger partial charge on any atom is -0.450 e. The van der Waals surface area contributed by atoms with Crippen LogP contribution in [0.5, 0.6) is 0 Å². The average molecular weight is 310 g/mol. The Morgan fingerprint density at radius 3 is 2.23 bits per heavy atom. The molecule has 0 spiro atoms. The summed E-state index contributed by atoms with van der Waals surface area (Å²) in [5, 5.41) is 5.36. The minimum absolute atomic E-state index is 0.0928. The first kappa shape index (κ1) is 17.9. The van der Waals surface area contributed by atoms with Crippen LogP contribution in [0.3, 0.4) is 0 Å². The minimum atomic E-state index is -0.693. The van der Waals surface area contributed by atoms with Crippen LogP contribution in [0.1, 0.15) is 39.3 Å². The quantitative estimate of drug-likeness (QED) is 0.849. The van der Waals surface area contributed by atoms with Crippen molar-refractivity contribution in [1.29, 1.82) is 0 Å². The monoisotopic (exact) mass is 310 g/mol. The number of amides is 2. The molecule has 0 aliphatic rings. The van der Waals surface area contributed by atoms with Crippen LogP contribution in [0.25, 0.3) is 0 Å². The zero-order valence-electron chi connectivity index (χ0n) is 13.4. The van der Waals surface area contributed by atoms with Crippen molar-refractivity contribution in [2.45, 2.75) is 39.8 Å². The lowest BCUT2D eigenvalue weighted by molar-refractivity contribution is -0.124. The van der Waals surface area contributed by atoms with Crippen LogP contribution < -0.4 is 10.6 Å². The van der Waals surface area contributed by atoms with Gasteiger partial charge in [-0.1, -0.05) is 26.0 Å². The molecular formula is C16H23FN2O3. The summed E-state index contributed by atoms with van der Waals surface area (Å²) in [5.41, 5.74) is 0.786. The highest BCUT2D eigenvalue weighted by Crippen LogP contribution is 2.14. The first-order valence-corrected chi connectivity index (χ1v) is 7.34. The van der Waals surface area contributed by atoms with E-state index in [9.17, 15) is 14.0 Å². The maximum Gasteiger partial charge on any atom is 0.407 e. The average Bonchev–Trinajstić information content (AvgIpc) is 2.45. The van der Waals surface area contributed by atoms with E-state index in [1.165, 1.54) is 12.1 Å². The summed E-state index contributed by atoms with van der Waals surface area (Å²) in [6.07, 6.45) is -0.620. The number of alkyl carbamates (subject to hydrolysis) is 1. The number of benzene rings is 1. The number of carbonyl (C=O) groups excluding carboxylic acids is 2. The molecule has 0 saturated carbocycles. The van der Waals surface area contributed by atoms with Gasteiger partial charge in [-0.25, -0.2) is 9.18 Å². The van der Waals surface area contributed by atoms with Crippen LogP contribution >= 0.6 is 0 Å². The zero-order valence-corrected chi connectivity index (χ0v) is 13.4. The van der Waals surface area contributed by atoms with Crippen LogP contribution in [0.4, 0.5) is 9.18 Å². The number of hydrogen-bond acceptors (Lipinski definition) is 3. The van der Waals surface area contributed by atoms with Crippen LogP contribution in [0, 0.1) is 11.7 Å². The third kappa shape index (κ3) is 5.35. The highest BCUT2D eigenvalue weighted by atomic mass is 19.1. The maximum atomic E-state index is 12.9. The van der Waals surface area contributed by atoms with Gasteiger partial charge in [0.05, 0.1) is 12.6 Å². The summed E-state index contributed by atoms with van der Waals surface area (Å²) in [6, 6.07) is 4.93. The SMILES string of the molecule is CCOC(=O)N[C@H](C(=O)N[C@@H](C)c1ccc(F)cc1)C(C)C. The Balaban J connectivity index is 2.70. The summed E-state index contributed by atoms with van der Waals surface area (Å²) < 4.78 is 17.7.